The van der Waals surface area contributed by atoms with Gasteiger partial charge in [0.25, 0.3) is 5.91 Å². The number of aromatic nitrogens is 2. The minimum Gasteiger partial charge on any atom is -0.451 e. The molecular formula is C16H18N4O4S. The second kappa shape index (κ2) is 8.34. The van der Waals surface area contributed by atoms with Crippen molar-refractivity contribution in [3.05, 3.63) is 39.9 Å². The third-order valence-electron chi connectivity index (χ3n) is 3.52. The van der Waals surface area contributed by atoms with Crippen LogP contribution in [0, 0.1) is 13.8 Å². The molecule has 0 unspecified atom stereocenters. The zero-order valence-corrected chi connectivity index (χ0v) is 14.9. The van der Waals surface area contributed by atoms with Gasteiger partial charge in [0.1, 0.15) is 0 Å². The lowest BCUT2D eigenvalue weighted by atomic mass is 10.1. The molecule has 1 aromatic carbocycles. The molecule has 8 nitrogen and oxygen atoms in total. The van der Waals surface area contributed by atoms with Gasteiger partial charge in [-0.2, -0.15) is 0 Å². The maximum atomic E-state index is 11.9. The first-order chi connectivity index (χ1) is 11.9. The zero-order chi connectivity index (χ0) is 18.4. The number of aryl methyl sites for hydroxylation is 2. The van der Waals surface area contributed by atoms with Crippen molar-refractivity contribution in [3.63, 3.8) is 0 Å². The molecule has 0 saturated heterocycles. The lowest BCUT2D eigenvalue weighted by Crippen LogP contribution is -2.37. The van der Waals surface area contributed by atoms with E-state index in [0.29, 0.717) is 17.8 Å². The predicted octanol–water partition coefficient (Wildman–Crippen LogP) is 2.22. The molecular weight excluding hydrogens is 344 g/mol. The van der Waals surface area contributed by atoms with Gasteiger partial charge in [-0.3, -0.25) is 10.1 Å². The van der Waals surface area contributed by atoms with Gasteiger partial charge < -0.3 is 10.1 Å². The van der Waals surface area contributed by atoms with Crippen LogP contribution in [0.2, 0.25) is 0 Å². The number of imide groups is 1. The Morgan fingerprint density at radius 3 is 2.72 bits per heavy atom. The van der Waals surface area contributed by atoms with Crippen LogP contribution in [-0.4, -0.2) is 34.1 Å². The van der Waals surface area contributed by atoms with Crippen LogP contribution in [0.1, 0.15) is 33.4 Å². The van der Waals surface area contributed by atoms with Gasteiger partial charge in [0, 0.05) is 5.69 Å². The smallest absolute Gasteiger partial charge is 0.352 e. The molecule has 1 aromatic heterocycles. The molecule has 2 N–H and O–H groups in total. The summed E-state index contributed by atoms with van der Waals surface area (Å²) in [5, 5.41) is 8.49. The van der Waals surface area contributed by atoms with Crippen LogP contribution in [0.25, 0.3) is 0 Å². The number of esters is 1. The molecule has 9 heteroatoms. The Morgan fingerprint density at radius 2 is 2.00 bits per heavy atom. The highest BCUT2D eigenvalue weighted by Crippen LogP contribution is 2.17. The van der Waals surface area contributed by atoms with Crippen molar-refractivity contribution in [2.45, 2.75) is 27.2 Å². The molecule has 2 aromatic rings. The van der Waals surface area contributed by atoms with Gasteiger partial charge in [0.15, 0.2) is 11.5 Å². The fourth-order valence-corrected chi connectivity index (χ4v) is 2.64. The van der Waals surface area contributed by atoms with E-state index in [2.05, 4.69) is 20.2 Å². The largest absolute Gasteiger partial charge is 0.451 e. The summed E-state index contributed by atoms with van der Waals surface area (Å²) in [7, 11) is 0. The van der Waals surface area contributed by atoms with Gasteiger partial charge in [-0.25, -0.2) is 9.59 Å². The second-order valence-electron chi connectivity index (χ2n) is 5.23. The van der Waals surface area contributed by atoms with E-state index in [1.165, 1.54) is 0 Å². The van der Waals surface area contributed by atoms with Gasteiger partial charge in [-0.1, -0.05) is 23.5 Å². The summed E-state index contributed by atoms with van der Waals surface area (Å²) in [5.74, 6) is -1.41. The molecule has 3 amide bonds. The number of anilines is 1. The van der Waals surface area contributed by atoms with Crippen LogP contribution >= 0.6 is 11.5 Å². The minimum absolute atomic E-state index is 0.259. The molecule has 132 valence electrons. The van der Waals surface area contributed by atoms with Crippen LogP contribution < -0.4 is 10.6 Å². The van der Waals surface area contributed by atoms with Gasteiger partial charge in [0.05, 0.1) is 5.69 Å². The van der Waals surface area contributed by atoms with Crippen molar-refractivity contribution in [2.24, 2.45) is 0 Å². The Morgan fingerprint density at radius 1 is 1.24 bits per heavy atom. The molecule has 0 atom stereocenters. The van der Waals surface area contributed by atoms with Crippen molar-refractivity contribution in [2.75, 3.05) is 11.9 Å². The Hall–Kier alpha value is -2.81. The highest BCUT2D eigenvalue weighted by Gasteiger charge is 2.18. The van der Waals surface area contributed by atoms with E-state index >= 15 is 0 Å². The third kappa shape index (κ3) is 4.83. The number of carbonyl (C=O) groups excluding carboxylic acids is 3. The highest BCUT2D eigenvalue weighted by molar-refractivity contribution is 7.07. The first-order valence-corrected chi connectivity index (χ1v) is 8.35. The molecule has 2 rings (SSSR count). The highest BCUT2D eigenvalue weighted by atomic mass is 32.1. The van der Waals surface area contributed by atoms with Crippen molar-refractivity contribution in [1.82, 2.24) is 14.9 Å². The molecule has 1 heterocycles. The Bertz CT molecular complexity index is 803. The fourth-order valence-electron chi connectivity index (χ4n) is 1.99. The Labute approximate surface area is 148 Å². The molecule has 0 aliphatic rings. The van der Waals surface area contributed by atoms with Crippen LogP contribution in [-0.2, 0) is 16.0 Å². The third-order valence-corrected chi connectivity index (χ3v) is 4.26. The number of hydrogen-bond donors (Lipinski definition) is 2. The normalized spacial score (nSPS) is 10.2. The number of benzene rings is 1. The first-order valence-electron chi connectivity index (χ1n) is 7.57. The molecule has 0 spiro atoms. The number of hydrogen-bond acceptors (Lipinski definition) is 7. The second-order valence-corrected chi connectivity index (χ2v) is 5.98. The van der Waals surface area contributed by atoms with E-state index in [-0.39, 0.29) is 4.88 Å². The molecule has 0 fully saturated rings. The zero-order valence-electron chi connectivity index (χ0n) is 14.1. The maximum Gasteiger partial charge on any atom is 0.352 e. The van der Waals surface area contributed by atoms with Crippen molar-refractivity contribution < 1.29 is 19.1 Å². The minimum atomic E-state index is -0.730. The summed E-state index contributed by atoms with van der Waals surface area (Å²) in [5.41, 5.74) is 3.04. The number of amides is 3. The van der Waals surface area contributed by atoms with Gasteiger partial charge >= 0.3 is 12.0 Å². The van der Waals surface area contributed by atoms with Crippen LogP contribution in [0.4, 0.5) is 10.5 Å². The van der Waals surface area contributed by atoms with E-state index in [0.717, 1.165) is 22.7 Å². The van der Waals surface area contributed by atoms with Crippen molar-refractivity contribution >= 4 is 35.1 Å². The summed E-state index contributed by atoms with van der Waals surface area (Å²) in [4.78, 5) is 35.7. The molecule has 0 aliphatic carbocycles. The Kier molecular flexibility index (Phi) is 6.18. The van der Waals surface area contributed by atoms with Crippen LogP contribution in [0.15, 0.2) is 18.2 Å². The molecule has 0 bridgehead atoms. The van der Waals surface area contributed by atoms with Crippen LogP contribution in [0.3, 0.4) is 0 Å². The van der Waals surface area contributed by atoms with E-state index in [4.69, 9.17) is 4.74 Å². The molecule has 25 heavy (non-hydrogen) atoms. The SMILES string of the molecule is CCc1nnsc1C(=O)OCC(=O)NC(=O)Nc1cccc(C)c1C. The topological polar surface area (TPSA) is 110 Å². The monoisotopic (exact) mass is 362 g/mol. The van der Waals surface area contributed by atoms with Gasteiger partial charge in [-0.15, -0.1) is 5.10 Å². The maximum absolute atomic E-state index is 11.9. The number of rotatable bonds is 5. The van der Waals surface area contributed by atoms with E-state index < -0.39 is 24.5 Å². The van der Waals surface area contributed by atoms with Gasteiger partial charge in [-0.05, 0) is 49.0 Å². The number of carbonyl (C=O) groups is 3. The average molecular weight is 362 g/mol. The average Bonchev–Trinajstić information content (AvgIpc) is 3.05. The number of ether oxygens (including phenoxy) is 1. The van der Waals surface area contributed by atoms with Crippen molar-refractivity contribution in [1.29, 1.82) is 0 Å². The van der Waals surface area contributed by atoms with Gasteiger partial charge in [0.2, 0.25) is 0 Å². The molecule has 0 aliphatic heterocycles. The fraction of sp³-hybridized carbons (Fsp3) is 0.312. The first kappa shape index (κ1) is 18.5. The Balaban J connectivity index is 1.84. The lowest BCUT2D eigenvalue weighted by molar-refractivity contribution is -0.123. The number of nitrogens with zero attached hydrogens (tertiary/aromatic N) is 2. The summed E-state index contributed by atoms with van der Waals surface area (Å²) in [6.45, 7) is 5.04. The summed E-state index contributed by atoms with van der Waals surface area (Å²) in [6, 6.07) is 4.76. The quantitative estimate of drug-likeness (QED) is 0.789. The standard InChI is InChI=1S/C16H18N4O4S/c1-4-11-14(25-20-19-11)15(22)24-8-13(21)18-16(23)17-12-7-5-6-9(2)10(12)3/h5-7H,4,8H2,1-3H3,(H2,17,18,21,23). The molecule has 0 saturated carbocycles. The van der Waals surface area contributed by atoms with E-state index in [9.17, 15) is 14.4 Å². The summed E-state index contributed by atoms with van der Waals surface area (Å²) in [6.07, 6.45) is 0.533. The van der Waals surface area contributed by atoms with Crippen LogP contribution in [0.5, 0.6) is 0 Å². The summed E-state index contributed by atoms with van der Waals surface area (Å²) >= 11 is 0.906. The summed E-state index contributed by atoms with van der Waals surface area (Å²) < 4.78 is 8.56. The predicted molar refractivity (Wildman–Crippen MR) is 92.6 cm³/mol. The molecule has 0 radical (unpaired) electrons. The number of urea groups is 1. The lowest BCUT2D eigenvalue weighted by Gasteiger charge is -2.11. The van der Waals surface area contributed by atoms with E-state index in [1.807, 2.05) is 26.8 Å². The van der Waals surface area contributed by atoms with E-state index in [1.54, 1.807) is 12.1 Å². The number of nitrogens with one attached hydrogen (secondary N) is 2. The van der Waals surface area contributed by atoms with Crippen molar-refractivity contribution in [3.8, 4) is 0 Å².